The summed E-state index contributed by atoms with van der Waals surface area (Å²) in [6.45, 7) is 0. The number of rotatable bonds is 5. The Morgan fingerprint density at radius 1 is 1.00 bits per heavy atom. The molecule has 1 aliphatic rings. The highest BCUT2D eigenvalue weighted by molar-refractivity contribution is 7.80. The van der Waals surface area contributed by atoms with Crippen LogP contribution >= 0.6 is 12.2 Å². The predicted molar refractivity (Wildman–Crippen MR) is 87.8 cm³/mol. The van der Waals surface area contributed by atoms with Gasteiger partial charge in [-0.1, -0.05) is 31.5 Å². The maximum Gasteiger partial charge on any atom is 0.203 e. The smallest absolute Gasteiger partial charge is 0.203 e. The number of thiocarbonyl (C=S) groups is 1. The Balaban J connectivity index is 2.19. The highest BCUT2D eigenvalue weighted by atomic mass is 32.1. The molecule has 0 aliphatic heterocycles. The number of hydrogen-bond acceptors (Lipinski definition) is 4. The number of nitrogens with one attached hydrogen (secondary N) is 1. The van der Waals surface area contributed by atoms with Crippen molar-refractivity contribution in [3.05, 3.63) is 17.7 Å². The van der Waals surface area contributed by atoms with Crippen molar-refractivity contribution in [1.82, 2.24) is 5.32 Å². The minimum atomic E-state index is 0.477. The zero-order valence-electron chi connectivity index (χ0n) is 12.9. The molecule has 5 heteroatoms. The average Bonchev–Trinajstić information content (AvgIpc) is 2.54. The predicted octanol–water partition coefficient (Wildman–Crippen LogP) is 3.31. The largest absolute Gasteiger partial charge is 0.493 e. The summed E-state index contributed by atoms with van der Waals surface area (Å²) in [6, 6.07) is 4.25. The average molecular weight is 309 g/mol. The molecule has 21 heavy (non-hydrogen) atoms. The molecule has 0 radical (unpaired) electrons. The molecule has 1 fully saturated rings. The van der Waals surface area contributed by atoms with E-state index < -0.39 is 0 Å². The quantitative estimate of drug-likeness (QED) is 0.845. The second kappa shape index (κ2) is 7.50. The van der Waals surface area contributed by atoms with Crippen LogP contribution in [-0.2, 0) is 0 Å². The Kier molecular flexibility index (Phi) is 5.67. The van der Waals surface area contributed by atoms with Crippen LogP contribution < -0.4 is 19.5 Å². The normalized spacial score (nSPS) is 15.4. The van der Waals surface area contributed by atoms with Crippen molar-refractivity contribution in [3.8, 4) is 17.2 Å². The summed E-state index contributed by atoms with van der Waals surface area (Å²) in [7, 11) is 4.82. The molecule has 0 heterocycles. The van der Waals surface area contributed by atoms with E-state index in [4.69, 9.17) is 26.4 Å². The maximum absolute atomic E-state index is 5.53. The first-order valence-electron chi connectivity index (χ1n) is 7.30. The van der Waals surface area contributed by atoms with E-state index in [1.807, 2.05) is 12.1 Å². The zero-order chi connectivity index (χ0) is 15.2. The Labute approximate surface area is 131 Å². The molecular formula is C16H23NO3S. The third kappa shape index (κ3) is 3.79. The molecule has 1 aromatic carbocycles. The van der Waals surface area contributed by atoms with Crippen LogP contribution in [0.25, 0.3) is 0 Å². The highest BCUT2D eigenvalue weighted by Gasteiger charge is 2.18. The van der Waals surface area contributed by atoms with E-state index in [-0.39, 0.29) is 0 Å². The number of benzene rings is 1. The van der Waals surface area contributed by atoms with Crippen LogP contribution in [0.5, 0.6) is 17.2 Å². The molecule has 1 N–H and O–H groups in total. The molecule has 1 saturated carbocycles. The molecule has 0 atom stereocenters. The zero-order valence-corrected chi connectivity index (χ0v) is 13.7. The third-order valence-corrected chi connectivity index (χ3v) is 4.22. The molecule has 0 spiro atoms. The van der Waals surface area contributed by atoms with Gasteiger partial charge >= 0.3 is 0 Å². The standard InChI is InChI=1S/C16H23NO3S/c1-18-13-9-11(10-14(19-2)15(13)20-3)16(21)17-12-7-5-4-6-8-12/h9-10,12H,4-8H2,1-3H3,(H,17,21). The van der Waals surface area contributed by atoms with Crippen LogP contribution in [0.2, 0.25) is 0 Å². The summed E-state index contributed by atoms with van der Waals surface area (Å²) < 4.78 is 16.1. The van der Waals surface area contributed by atoms with Crippen molar-refractivity contribution in [1.29, 1.82) is 0 Å². The van der Waals surface area contributed by atoms with Crippen molar-refractivity contribution in [3.63, 3.8) is 0 Å². The first kappa shape index (κ1) is 15.9. The van der Waals surface area contributed by atoms with E-state index in [1.54, 1.807) is 21.3 Å². The number of ether oxygens (including phenoxy) is 3. The van der Waals surface area contributed by atoms with Crippen LogP contribution in [0.3, 0.4) is 0 Å². The lowest BCUT2D eigenvalue weighted by molar-refractivity contribution is 0.324. The minimum absolute atomic E-state index is 0.477. The van der Waals surface area contributed by atoms with Crippen LogP contribution in [0.1, 0.15) is 37.7 Å². The minimum Gasteiger partial charge on any atom is -0.493 e. The molecule has 0 aromatic heterocycles. The van der Waals surface area contributed by atoms with Gasteiger partial charge < -0.3 is 19.5 Å². The molecule has 4 nitrogen and oxygen atoms in total. The summed E-state index contributed by atoms with van der Waals surface area (Å²) in [4.78, 5) is 0.737. The SMILES string of the molecule is COc1cc(C(=S)NC2CCCCC2)cc(OC)c1OC. The van der Waals surface area contributed by atoms with Gasteiger partial charge in [-0.05, 0) is 25.0 Å². The van der Waals surface area contributed by atoms with Gasteiger partial charge in [-0.15, -0.1) is 0 Å². The lowest BCUT2D eigenvalue weighted by Gasteiger charge is -2.24. The Morgan fingerprint density at radius 2 is 1.57 bits per heavy atom. The second-order valence-electron chi connectivity index (χ2n) is 5.22. The van der Waals surface area contributed by atoms with Crippen LogP contribution in [0.4, 0.5) is 0 Å². The van der Waals surface area contributed by atoms with Crippen molar-refractivity contribution in [2.45, 2.75) is 38.1 Å². The fraction of sp³-hybridized carbons (Fsp3) is 0.562. The molecular weight excluding hydrogens is 286 g/mol. The highest BCUT2D eigenvalue weighted by Crippen LogP contribution is 2.38. The van der Waals surface area contributed by atoms with Gasteiger partial charge in [0.15, 0.2) is 11.5 Å². The first-order chi connectivity index (χ1) is 10.2. The van der Waals surface area contributed by atoms with Crippen molar-refractivity contribution >= 4 is 17.2 Å². The van der Waals surface area contributed by atoms with Crippen LogP contribution in [0.15, 0.2) is 12.1 Å². The lowest BCUT2D eigenvalue weighted by atomic mass is 9.95. The van der Waals surface area contributed by atoms with Gasteiger partial charge in [0, 0.05) is 11.6 Å². The van der Waals surface area contributed by atoms with Crippen LogP contribution in [0, 0.1) is 0 Å². The van der Waals surface area contributed by atoms with E-state index in [1.165, 1.54) is 32.1 Å². The summed E-state index contributed by atoms with van der Waals surface area (Å²) in [5, 5.41) is 3.45. The van der Waals surface area contributed by atoms with E-state index in [0.29, 0.717) is 23.3 Å². The Bertz CT molecular complexity index is 473. The van der Waals surface area contributed by atoms with Crippen molar-refractivity contribution < 1.29 is 14.2 Å². The summed E-state index contributed by atoms with van der Waals surface area (Å²) in [6.07, 6.45) is 6.25. The summed E-state index contributed by atoms with van der Waals surface area (Å²) >= 11 is 5.53. The Morgan fingerprint density at radius 3 is 2.05 bits per heavy atom. The third-order valence-electron chi connectivity index (χ3n) is 3.87. The molecule has 0 saturated heterocycles. The van der Waals surface area contributed by atoms with Gasteiger partial charge in [-0.3, -0.25) is 0 Å². The van der Waals surface area contributed by atoms with Gasteiger partial charge in [0.2, 0.25) is 5.75 Å². The van der Waals surface area contributed by atoms with Gasteiger partial charge in [0.25, 0.3) is 0 Å². The van der Waals surface area contributed by atoms with Gasteiger partial charge in [0.05, 0.1) is 21.3 Å². The summed E-state index contributed by atoms with van der Waals surface area (Å²) in [5.74, 6) is 1.84. The van der Waals surface area contributed by atoms with Crippen LogP contribution in [-0.4, -0.2) is 32.4 Å². The molecule has 116 valence electrons. The molecule has 1 aliphatic carbocycles. The van der Waals surface area contributed by atoms with Crippen molar-refractivity contribution in [2.75, 3.05) is 21.3 Å². The van der Waals surface area contributed by atoms with Crippen molar-refractivity contribution in [2.24, 2.45) is 0 Å². The number of methoxy groups -OCH3 is 3. The van der Waals surface area contributed by atoms with Gasteiger partial charge in [-0.2, -0.15) is 0 Å². The fourth-order valence-corrected chi connectivity index (χ4v) is 3.01. The summed E-state index contributed by atoms with van der Waals surface area (Å²) in [5.41, 5.74) is 0.894. The second-order valence-corrected chi connectivity index (χ2v) is 5.63. The van der Waals surface area contributed by atoms with E-state index in [2.05, 4.69) is 5.32 Å². The fourth-order valence-electron chi connectivity index (χ4n) is 2.73. The Hall–Kier alpha value is -1.49. The molecule has 0 amide bonds. The first-order valence-corrected chi connectivity index (χ1v) is 7.71. The van der Waals surface area contributed by atoms with Gasteiger partial charge in [-0.25, -0.2) is 0 Å². The number of hydrogen-bond donors (Lipinski definition) is 1. The monoisotopic (exact) mass is 309 g/mol. The molecule has 1 aromatic rings. The van der Waals surface area contributed by atoms with Gasteiger partial charge in [0.1, 0.15) is 4.99 Å². The van der Waals surface area contributed by atoms with E-state index in [0.717, 1.165) is 10.6 Å². The topological polar surface area (TPSA) is 39.7 Å². The maximum atomic E-state index is 5.53. The molecule has 0 bridgehead atoms. The van der Waals surface area contributed by atoms with E-state index in [9.17, 15) is 0 Å². The molecule has 2 rings (SSSR count). The lowest BCUT2D eigenvalue weighted by Crippen LogP contribution is -2.35. The molecule has 0 unspecified atom stereocenters. The van der Waals surface area contributed by atoms with E-state index >= 15 is 0 Å².